The van der Waals surface area contributed by atoms with Crippen molar-refractivity contribution in [2.45, 2.75) is 0 Å². The lowest BCUT2D eigenvalue weighted by atomic mass is 10.3. The van der Waals surface area contributed by atoms with Gasteiger partial charge >= 0.3 is 0 Å². The second-order valence-electron chi connectivity index (χ2n) is 1.96. The van der Waals surface area contributed by atoms with E-state index in [4.69, 9.17) is 5.26 Å². The molecule has 0 spiro atoms. The zero-order valence-corrected chi connectivity index (χ0v) is 5.74. The van der Waals surface area contributed by atoms with Gasteiger partial charge in [0.1, 0.15) is 0 Å². The molecule has 5 heteroatoms. The van der Waals surface area contributed by atoms with Crippen LogP contribution < -0.4 is 5.32 Å². The topological polar surface area (TPSA) is 35.8 Å². The second-order valence-corrected chi connectivity index (χ2v) is 1.96. The Balaban J connectivity index is 3.19. The molecule has 2 nitrogen and oxygen atoms in total. The van der Waals surface area contributed by atoms with E-state index in [9.17, 15) is 13.2 Å². The molecule has 0 atom stereocenters. The Kier molecular flexibility index (Phi) is 2.19. The Hall–Kier alpha value is -1.70. The summed E-state index contributed by atoms with van der Waals surface area (Å²) in [6, 6.07) is 1.68. The van der Waals surface area contributed by atoms with Gasteiger partial charge in [0.05, 0.1) is 5.69 Å². The van der Waals surface area contributed by atoms with Crippen LogP contribution in [-0.2, 0) is 0 Å². The molecule has 1 aromatic carbocycles. The summed E-state index contributed by atoms with van der Waals surface area (Å²) in [4.78, 5) is 0. The molecule has 12 heavy (non-hydrogen) atoms. The van der Waals surface area contributed by atoms with Gasteiger partial charge in [-0.2, -0.15) is 5.26 Å². The third kappa shape index (κ3) is 1.32. The summed E-state index contributed by atoms with van der Waals surface area (Å²) in [5.41, 5.74) is -0.378. The molecule has 0 aromatic heterocycles. The van der Waals surface area contributed by atoms with Crippen molar-refractivity contribution in [2.24, 2.45) is 0 Å². The van der Waals surface area contributed by atoms with Gasteiger partial charge in [-0.05, 0) is 12.1 Å². The molecule has 0 aliphatic carbocycles. The highest BCUT2D eigenvalue weighted by atomic mass is 19.2. The first-order chi connectivity index (χ1) is 5.66. The number of hydrogen-bond donors (Lipinski definition) is 1. The van der Waals surface area contributed by atoms with Crippen molar-refractivity contribution in [1.82, 2.24) is 0 Å². The van der Waals surface area contributed by atoms with Crippen LogP contribution in [0.25, 0.3) is 0 Å². The van der Waals surface area contributed by atoms with Crippen LogP contribution in [-0.4, -0.2) is 0 Å². The smallest absolute Gasteiger partial charge is 0.196 e. The van der Waals surface area contributed by atoms with Gasteiger partial charge in [0.2, 0.25) is 0 Å². The monoisotopic (exact) mass is 172 g/mol. The molecule has 0 amide bonds. The normalized spacial score (nSPS) is 9.17. The lowest BCUT2D eigenvalue weighted by Crippen LogP contribution is -1.97. The first kappa shape index (κ1) is 8.40. The SMILES string of the molecule is N#CNc1ccc(F)c(F)c1F. The summed E-state index contributed by atoms with van der Waals surface area (Å²) in [7, 11) is 0. The van der Waals surface area contributed by atoms with E-state index in [1.54, 1.807) is 0 Å². The Morgan fingerprint density at radius 1 is 1.17 bits per heavy atom. The van der Waals surface area contributed by atoms with Crippen LogP contribution in [0.5, 0.6) is 0 Å². The number of nitrogens with one attached hydrogen (secondary N) is 1. The summed E-state index contributed by atoms with van der Waals surface area (Å²) < 4.78 is 37.3. The molecule has 62 valence electrons. The number of halogens is 3. The molecule has 1 rings (SSSR count). The number of nitriles is 1. The van der Waals surface area contributed by atoms with Gasteiger partial charge in [0, 0.05) is 0 Å². The molecule has 0 saturated carbocycles. The van der Waals surface area contributed by atoms with E-state index in [-0.39, 0.29) is 5.69 Å². The quantitative estimate of drug-likeness (QED) is 0.399. The van der Waals surface area contributed by atoms with Gasteiger partial charge in [-0.3, -0.25) is 5.32 Å². The van der Waals surface area contributed by atoms with Gasteiger partial charge in [-0.1, -0.05) is 0 Å². The first-order valence-electron chi connectivity index (χ1n) is 2.95. The maximum Gasteiger partial charge on any atom is 0.196 e. The minimum atomic E-state index is -1.59. The fraction of sp³-hybridized carbons (Fsp3) is 0. The van der Waals surface area contributed by atoms with Crippen LogP contribution in [0.2, 0.25) is 0 Å². The van der Waals surface area contributed by atoms with Gasteiger partial charge in [-0.25, -0.2) is 13.2 Å². The number of hydrogen-bond acceptors (Lipinski definition) is 2. The standard InChI is InChI=1S/C7H3F3N2/c8-4-1-2-5(12-3-11)7(10)6(4)9/h1-2,12H. The van der Waals surface area contributed by atoms with Gasteiger partial charge < -0.3 is 0 Å². The van der Waals surface area contributed by atoms with E-state index >= 15 is 0 Å². The van der Waals surface area contributed by atoms with Crippen molar-refractivity contribution in [1.29, 1.82) is 5.26 Å². The zero-order chi connectivity index (χ0) is 9.14. The van der Waals surface area contributed by atoms with Crippen molar-refractivity contribution >= 4 is 5.69 Å². The Labute approximate surface area is 66.2 Å². The maximum atomic E-state index is 12.6. The van der Waals surface area contributed by atoms with Crippen LogP contribution in [0, 0.1) is 28.9 Å². The lowest BCUT2D eigenvalue weighted by molar-refractivity contribution is 0.449. The van der Waals surface area contributed by atoms with E-state index in [0.717, 1.165) is 12.1 Å². The van der Waals surface area contributed by atoms with Crippen molar-refractivity contribution < 1.29 is 13.2 Å². The second kappa shape index (κ2) is 3.13. The molecule has 0 aliphatic heterocycles. The molecule has 0 radical (unpaired) electrons. The summed E-state index contributed by atoms with van der Waals surface area (Å²) in [6.45, 7) is 0. The Morgan fingerprint density at radius 2 is 1.83 bits per heavy atom. The highest BCUT2D eigenvalue weighted by Gasteiger charge is 2.12. The third-order valence-electron chi connectivity index (χ3n) is 1.23. The van der Waals surface area contributed by atoms with Crippen LogP contribution >= 0.6 is 0 Å². The highest BCUT2D eigenvalue weighted by Crippen LogP contribution is 2.18. The average molecular weight is 172 g/mol. The van der Waals surface area contributed by atoms with Crippen molar-refractivity contribution in [3.8, 4) is 6.19 Å². The largest absolute Gasteiger partial charge is 0.290 e. The summed E-state index contributed by atoms with van der Waals surface area (Å²) in [6.07, 6.45) is 1.39. The molecular weight excluding hydrogens is 169 g/mol. The zero-order valence-electron chi connectivity index (χ0n) is 5.74. The molecule has 0 aliphatic rings. The minimum absolute atomic E-state index is 0.378. The highest BCUT2D eigenvalue weighted by molar-refractivity contribution is 5.48. The van der Waals surface area contributed by atoms with Gasteiger partial charge in [-0.15, -0.1) is 0 Å². The van der Waals surface area contributed by atoms with Crippen molar-refractivity contribution in [2.75, 3.05) is 5.32 Å². The summed E-state index contributed by atoms with van der Waals surface area (Å²) in [5, 5.41) is 9.93. The predicted octanol–water partition coefficient (Wildman–Crippen LogP) is 2.00. The van der Waals surface area contributed by atoms with E-state index in [1.807, 2.05) is 5.32 Å². The Bertz CT molecular complexity index is 343. The molecule has 1 N–H and O–H groups in total. The van der Waals surface area contributed by atoms with Crippen molar-refractivity contribution in [3.05, 3.63) is 29.6 Å². The van der Waals surface area contributed by atoms with Gasteiger partial charge in [0.15, 0.2) is 23.6 Å². The fourth-order valence-electron chi connectivity index (χ4n) is 0.683. The summed E-state index contributed by atoms with van der Waals surface area (Å²) in [5.74, 6) is -4.26. The molecule has 0 heterocycles. The Morgan fingerprint density at radius 3 is 2.42 bits per heavy atom. The molecule has 0 saturated heterocycles. The summed E-state index contributed by atoms with van der Waals surface area (Å²) >= 11 is 0. The first-order valence-corrected chi connectivity index (χ1v) is 2.95. The van der Waals surface area contributed by atoms with Gasteiger partial charge in [0.25, 0.3) is 0 Å². The average Bonchev–Trinajstić information content (AvgIpc) is 2.07. The number of rotatable bonds is 1. The van der Waals surface area contributed by atoms with E-state index in [0.29, 0.717) is 0 Å². The predicted molar refractivity (Wildman–Crippen MR) is 35.6 cm³/mol. The minimum Gasteiger partial charge on any atom is -0.290 e. The number of anilines is 1. The molecule has 1 aromatic rings. The van der Waals surface area contributed by atoms with Crippen LogP contribution in [0.4, 0.5) is 18.9 Å². The molecular formula is C7H3F3N2. The molecule has 0 unspecified atom stereocenters. The van der Waals surface area contributed by atoms with Crippen LogP contribution in [0.1, 0.15) is 0 Å². The van der Waals surface area contributed by atoms with Crippen LogP contribution in [0.3, 0.4) is 0 Å². The number of nitrogens with zero attached hydrogens (tertiary/aromatic N) is 1. The lowest BCUT2D eigenvalue weighted by Gasteiger charge is -2.00. The van der Waals surface area contributed by atoms with E-state index in [1.165, 1.54) is 6.19 Å². The van der Waals surface area contributed by atoms with Crippen molar-refractivity contribution in [3.63, 3.8) is 0 Å². The fourth-order valence-corrected chi connectivity index (χ4v) is 0.683. The maximum absolute atomic E-state index is 12.6. The molecule has 0 bridgehead atoms. The molecule has 0 fully saturated rings. The number of benzene rings is 1. The van der Waals surface area contributed by atoms with Crippen LogP contribution in [0.15, 0.2) is 12.1 Å². The third-order valence-corrected chi connectivity index (χ3v) is 1.23. The van der Waals surface area contributed by atoms with E-state index in [2.05, 4.69) is 0 Å². The van der Waals surface area contributed by atoms with E-state index < -0.39 is 17.5 Å².